The first-order valence-corrected chi connectivity index (χ1v) is 9.04. The van der Waals surface area contributed by atoms with Crippen LogP contribution in [0.3, 0.4) is 0 Å². The standard InChI is InChI=1S/C17H19ClN2O2S/c1-2-3-16-19-14(11-23-16)17(21)20-8-9-22-15(10-20)12-4-6-13(18)7-5-12/h4-7,11,15H,2-3,8-10H2,1H3/t15-/m1/s1. The molecule has 0 bridgehead atoms. The van der Waals surface area contributed by atoms with Gasteiger partial charge in [0.25, 0.3) is 5.91 Å². The molecule has 0 saturated carbocycles. The predicted octanol–water partition coefficient (Wildman–Crippen LogP) is 3.96. The van der Waals surface area contributed by atoms with Gasteiger partial charge in [-0.25, -0.2) is 4.98 Å². The fourth-order valence-electron chi connectivity index (χ4n) is 2.61. The molecule has 0 radical (unpaired) electrons. The van der Waals surface area contributed by atoms with E-state index < -0.39 is 0 Å². The highest BCUT2D eigenvalue weighted by Crippen LogP contribution is 2.25. The number of thiazole rings is 1. The number of nitrogens with zero attached hydrogens (tertiary/aromatic N) is 2. The second kappa shape index (κ2) is 7.43. The van der Waals surface area contributed by atoms with Gasteiger partial charge in [-0.3, -0.25) is 4.79 Å². The summed E-state index contributed by atoms with van der Waals surface area (Å²) in [7, 11) is 0. The van der Waals surface area contributed by atoms with Crippen LogP contribution in [-0.4, -0.2) is 35.5 Å². The van der Waals surface area contributed by atoms with Gasteiger partial charge in [-0.1, -0.05) is 30.7 Å². The van der Waals surface area contributed by atoms with Crippen molar-refractivity contribution in [3.05, 3.63) is 50.9 Å². The van der Waals surface area contributed by atoms with Crippen molar-refractivity contribution in [1.82, 2.24) is 9.88 Å². The number of morpholine rings is 1. The highest BCUT2D eigenvalue weighted by atomic mass is 35.5. The predicted molar refractivity (Wildman–Crippen MR) is 92.2 cm³/mol. The first-order valence-electron chi connectivity index (χ1n) is 7.78. The summed E-state index contributed by atoms with van der Waals surface area (Å²) in [6.07, 6.45) is 1.85. The van der Waals surface area contributed by atoms with Crippen molar-refractivity contribution in [1.29, 1.82) is 0 Å². The SMILES string of the molecule is CCCc1nc(C(=O)N2CCO[C@@H](c3ccc(Cl)cc3)C2)cs1. The van der Waals surface area contributed by atoms with Crippen LogP contribution in [0.5, 0.6) is 0 Å². The normalized spacial score (nSPS) is 18.2. The Hall–Kier alpha value is -1.43. The molecule has 6 heteroatoms. The maximum atomic E-state index is 12.6. The lowest BCUT2D eigenvalue weighted by atomic mass is 10.1. The second-order valence-electron chi connectivity index (χ2n) is 5.54. The summed E-state index contributed by atoms with van der Waals surface area (Å²) in [6.45, 7) is 3.79. The Bertz CT molecular complexity index is 671. The van der Waals surface area contributed by atoms with Gasteiger partial charge in [0.05, 0.1) is 18.2 Å². The molecular formula is C17H19ClN2O2S. The number of benzene rings is 1. The number of aryl methyl sites for hydroxylation is 1. The number of hydrogen-bond acceptors (Lipinski definition) is 4. The van der Waals surface area contributed by atoms with Gasteiger partial charge in [-0.05, 0) is 30.5 Å². The smallest absolute Gasteiger partial charge is 0.273 e. The van der Waals surface area contributed by atoms with Crippen molar-refractivity contribution in [3.63, 3.8) is 0 Å². The molecule has 2 heterocycles. The monoisotopic (exact) mass is 350 g/mol. The average Bonchev–Trinajstić information content (AvgIpc) is 3.04. The fraction of sp³-hybridized carbons (Fsp3) is 0.412. The van der Waals surface area contributed by atoms with E-state index in [0.717, 1.165) is 23.4 Å². The van der Waals surface area contributed by atoms with E-state index in [1.165, 1.54) is 0 Å². The molecule has 122 valence electrons. The molecule has 1 aliphatic rings. The van der Waals surface area contributed by atoms with Gasteiger partial charge in [0.15, 0.2) is 0 Å². The molecule has 0 unspecified atom stereocenters. The molecule has 1 aromatic carbocycles. The van der Waals surface area contributed by atoms with E-state index in [9.17, 15) is 4.79 Å². The van der Waals surface area contributed by atoms with Crippen LogP contribution >= 0.6 is 22.9 Å². The zero-order valence-corrected chi connectivity index (χ0v) is 14.6. The molecule has 1 saturated heterocycles. The van der Waals surface area contributed by atoms with Crippen LogP contribution in [0.2, 0.25) is 5.02 Å². The summed E-state index contributed by atoms with van der Waals surface area (Å²) < 4.78 is 5.81. The summed E-state index contributed by atoms with van der Waals surface area (Å²) in [5.74, 6) is -0.00846. The van der Waals surface area contributed by atoms with Crippen molar-refractivity contribution in [2.75, 3.05) is 19.7 Å². The molecule has 4 nitrogen and oxygen atoms in total. The van der Waals surface area contributed by atoms with Crippen LogP contribution in [0.25, 0.3) is 0 Å². The number of halogens is 1. The lowest BCUT2D eigenvalue weighted by molar-refractivity contribution is -0.0229. The quantitative estimate of drug-likeness (QED) is 0.838. The number of carbonyl (C=O) groups excluding carboxylic acids is 1. The molecule has 0 N–H and O–H groups in total. The highest BCUT2D eigenvalue weighted by Gasteiger charge is 2.27. The second-order valence-corrected chi connectivity index (χ2v) is 6.92. The minimum Gasteiger partial charge on any atom is -0.370 e. The third-order valence-corrected chi connectivity index (χ3v) is 4.99. The van der Waals surface area contributed by atoms with Gasteiger partial charge in [0.1, 0.15) is 11.8 Å². The van der Waals surface area contributed by atoms with E-state index in [-0.39, 0.29) is 12.0 Å². The summed E-state index contributed by atoms with van der Waals surface area (Å²) in [5.41, 5.74) is 1.59. The third-order valence-electron chi connectivity index (χ3n) is 3.83. The Morgan fingerprint density at radius 2 is 2.22 bits per heavy atom. The molecule has 2 aromatic rings. The van der Waals surface area contributed by atoms with Gasteiger partial charge in [0, 0.05) is 16.9 Å². The topological polar surface area (TPSA) is 42.4 Å². The summed E-state index contributed by atoms with van der Waals surface area (Å²) >= 11 is 7.49. The van der Waals surface area contributed by atoms with E-state index >= 15 is 0 Å². The van der Waals surface area contributed by atoms with Gasteiger partial charge in [-0.2, -0.15) is 0 Å². The molecular weight excluding hydrogens is 332 g/mol. The largest absolute Gasteiger partial charge is 0.370 e. The number of hydrogen-bond donors (Lipinski definition) is 0. The van der Waals surface area contributed by atoms with Crippen molar-refractivity contribution in [2.24, 2.45) is 0 Å². The Morgan fingerprint density at radius 1 is 1.43 bits per heavy atom. The zero-order chi connectivity index (χ0) is 16.2. The zero-order valence-electron chi connectivity index (χ0n) is 13.0. The number of rotatable bonds is 4. The summed E-state index contributed by atoms with van der Waals surface area (Å²) in [4.78, 5) is 18.9. The lowest BCUT2D eigenvalue weighted by Gasteiger charge is -2.32. The van der Waals surface area contributed by atoms with Crippen molar-refractivity contribution < 1.29 is 9.53 Å². The number of aromatic nitrogens is 1. The fourth-order valence-corrected chi connectivity index (χ4v) is 3.61. The molecule has 3 rings (SSSR count). The number of amides is 1. The van der Waals surface area contributed by atoms with Crippen LogP contribution in [0.1, 0.15) is 40.5 Å². The first kappa shape index (κ1) is 16.4. The minimum absolute atomic E-state index is 0.00846. The van der Waals surface area contributed by atoms with Crippen molar-refractivity contribution in [3.8, 4) is 0 Å². The molecule has 1 aliphatic heterocycles. The number of carbonyl (C=O) groups is 1. The van der Waals surface area contributed by atoms with Crippen LogP contribution in [-0.2, 0) is 11.2 Å². The lowest BCUT2D eigenvalue weighted by Crippen LogP contribution is -2.42. The van der Waals surface area contributed by atoms with E-state index in [2.05, 4.69) is 11.9 Å². The first-order chi connectivity index (χ1) is 11.2. The summed E-state index contributed by atoms with van der Waals surface area (Å²) in [6, 6.07) is 7.59. The number of ether oxygens (including phenoxy) is 1. The minimum atomic E-state index is -0.112. The molecule has 0 aliphatic carbocycles. The molecule has 1 fully saturated rings. The molecule has 23 heavy (non-hydrogen) atoms. The Balaban J connectivity index is 1.69. The Labute approximate surface area is 145 Å². The van der Waals surface area contributed by atoms with Gasteiger partial charge in [0.2, 0.25) is 0 Å². The molecule has 1 atom stereocenters. The average molecular weight is 351 g/mol. The van der Waals surface area contributed by atoms with Crippen molar-refractivity contribution in [2.45, 2.75) is 25.9 Å². The van der Waals surface area contributed by atoms with Crippen LogP contribution in [0, 0.1) is 0 Å². The van der Waals surface area contributed by atoms with Gasteiger partial charge >= 0.3 is 0 Å². The maximum Gasteiger partial charge on any atom is 0.273 e. The highest BCUT2D eigenvalue weighted by molar-refractivity contribution is 7.09. The summed E-state index contributed by atoms with van der Waals surface area (Å²) in [5, 5.41) is 3.59. The van der Waals surface area contributed by atoms with E-state index in [1.807, 2.05) is 34.5 Å². The molecule has 1 aromatic heterocycles. The molecule has 0 spiro atoms. The Kier molecular flexibility index (Phi) is 5.30. The van der Waals surface area contributed by atoms with E-state index in [1.54, 1.807) is 11.3 Å². The van der Waals surface area contributed by atoms with Crippen molar-refractivity contribution >= 4 is 28.8 Å². The molecule has 1 amide bonds. The Morgan fingerprint density at radius 3 is 2.96 bits per heavy atom. The van der Waals surface area contributed by atoms with Crippen LogP contribution in [0.4, 0.5) is 0 Å². The van der Waals surface area contributed by atoms with E-state index in [0.29, 0.717) is 30.4 Å². The third kappa shape index (κ3) is 3.91. The van der Waals surface area contributed by atoms with Crippen LogP contribution in [0.15, 0.2) is 29.6 Å². The van der Waals surface area contributed by atoms with Crippen LogP contribution < -0.4 is 0 Å². The maximum absolute atomic E-state index is 12.6. The van der Waals surface area contributed by atoms with Gasteiger partial charge in [-0.15, -0.1) is 11.3 Å². The van der Waals surface area contributed by atoms with Gasteiger partial charge < -0.3 is 9.64 Å². The van der Waals surface area contributed by atoms with E-state index in [4.69, 9.17) is 16.3 Å².